The molecule has 2 aromatic heterocycles. The average Bonchev–Trinajstić information content (AvgIpc) is 3.20. The zero-order valence-corrected chi connectivity index (χ0v) is 22.0. The second kappa shape index (κ2) is 11.3. The zero-order valence-electron chi connectivity index (χ0n) is 20.5. The highest BCUT2D eigenvalue weighted by atomic mass is 35.5. The van der Waals surface area contributed by atoms with E-state index >= 15 is 0 Å². The van der Waals surface area contributed by atoms with Gasteiger partial charge in [-0.1, -0.05) is 53.6 Å². The lowest BCUT2D eigenvalue weighted by atomic mass is 10.0. The van der Waals surface area contributed by atoms with Gasteiger partial charge in [0.25, 0.3) is 0 Å². The number of hydrogen-bond donors (Lipinski definition) is 1. The van der Waals surface area contributed by atoms with Crippen LogP contribution in [-0.2, 0) is 19.5 Å². The largest absolute Gasteiger partial charge is 0.573 e. The highest BCUT2D eigenvalue weighted by molar-refractivity contribution is 6.31. The van der Waals surface area contributed by atoms with Crippen LogP contribution in [0.2, 0.25) is 10.2 Å². The third-order valence-corrected chi connectivity index (χ3v) is 6.86. The summed E-state index contributed by atoms with van der Waals surface area (Å²) >= 11 is 12.3. The van der Waals surface area contributed by atoms with Crippen LogP contribution < -0.4 is 10.1 Å². The molecule has 0 radical (unpaired) electrons. The fourth-order valence-electron chi connectivity index (χ4n) is 4.70. The molecular formula is C28H23Cl2F3N4O2. The predicted molar refractivity (Wildman–Crippen MR) is 145 cm³/mol. The van der Waals surface area contributed by atoms with Crippen molar-refractivity contribution in [1.82, 2.24) is 19.8 Å². The molecule has 0 atom stereocenters. The minimum absolute atomic E-state index is 0.247. The second-order valence-corrected chi connectivity index (χ2v) is 9.90. The van der Waals surface area contributed by atoms with Crippen LogP contribution in [0.1, 0.15) is 22.4 Å². The van der Waals surface area contributed by atoms with Crippen LogP contribution in [0.3, 0.4) is 0 Å². The molecule has 1 aliphatic rings. The number of pyridine rings is 1. The zero-order chi connectivity index (χ0) is 27.6. The van der Waals surface area contributed by atoms with Gasteiger partial charge in [-0.3, -0.25) is 9.47 Å². The average molecular weight is 575 g/mol. The van der Waals surface area contributed by atoms with E-state index in [1.54, 1.807) is 41.1 Å². The van der Waals surface area contributed by atoms with Crippen LogP contribution in [0.25, 0.3) is 17.0 Å². The van der Waals surface area contributed by atoms with Crippen LogP contribution in [0, 0.1) is 0 Å². The Labute approximate surface area is 232 Å². The summed E-state index contributed by atoms with van der Waals surface area (Å²) < 4.78 is 42.7. The van der Waals surface area contributed by atoms with E-state index in [2.05, 4.69) is 19.9 Å². The van der Waals surface area contributed by atoms with Crippen LogP contribution in [0.4, 0.5) is 18.0 Å². The fourth-order valence-corrected chi connectivity index (χ4v) is 5.06. The summed E-state index contributed by atoms with van der Waals surface area (Å²) in [6.45, 7) is 2.30. The number of halogens is 5. The predicted octanol–water partition coefficient (Wildman–Crippen LogP) is 7.07. The minimum atomic E-state index is -4.71. The maximum absolute atomic E-state index is 13.3. The quantitative estimate of drug-likeness (QED) is 0.250. The normalized spacial score (nSPS) is 14.1. The summed E-state index contributed by atoms with van der Waals surface area (Å²) in [6.07, 6.45) is 1.36. The van der Waals surface area contributed by atoms with Gasteiger partial charge in [-0.25, -0.2) is 9.78 Å². The van der Waals surface area contributed by atoms with Crippen LogP contribution >= 0.6 is 23.2 Å². The third-order valence-electron chi connectivity index (χ3n) is 6.42. The molecule has 3 heterocycles. The van der Waals surface area contributed by atoms with E-state index in [9.17, 15) is 18.0 Å². The number of fused-ring (bicyclic) bond motifs is 3. The van der Waals surface area contributed by atoms with Gasteiger partial charge in [-0.05, 0) is 53.1 Å². The number of nitrogens with zero attached hydrogens (tertiary/aromatic N) is 3. The summed E-state index contributed by atoms with van der Waals surface area (Å²) in [6, 6.07) is 14.5. The van der Waals surface area contributed by atoms with E-state index in [1.165, 1.54) is 12.1 Å². The van der Waals surface area contributed by atoms with Gasteiger partial charge >= 0.3 is 12.4 Å². The number of amides is 1. The van der Waals surface area contributed by atoms with Crippen molar-refractivity contribution < 1.29 is 22.7 Å². The standard InChI is InChI=1S/C28H23Cl2F3N4O2/c29-20-5-8-22-23-17-36(12-1-2-18-3-6-21(7-4-18)39-28(31,32)33)13-10-24(23)37(25(22)15-20)27(38)35-16-19-9-11-34-26(30)14-19/h1-9,11,14-15H,10,12-13,16-17H2,(H,35,38)/b2-1+. The molecule has 0 fully saturated rings. The van der Waals surface area contributed by atoms with Crippen molar-refractivity contribution in [3.8, 4) is 5.75 Å². The Kier molecular flexibility index (Phi) is 7.83. The Morgan fingerprint density at radius 3 is 2.64 bits per heavy atom. The number of carbonyl (C=O) groups is 1. The SMILES string of the molecule is O=C(NCc1ccnc(Cl)c1)n1c2c(c3ccc(Cl)cc31)CN(C/C=C/c1ccc(OC(F)(F)F)cc1)CC2. The lowest BCUT2D eigenvalue weighted by Crippen LogP contribution is -2.34. The minimum Gasteiger partial charge on any atom is -0.406 e. The van der Waals surface area contributed by atoms with E-state index in [0.29, 0.717) is 36.2 Å². The molecule has 4 aromatic rings. The molecule has 0 spiro atoms. The molecule has 0 aliphatic carbocycles. The molecule has 0 bridgehead atoms. The molecule has 202 valence electrons. The van der Waals surface area contributed by atoms with Gasteiger partial charge in [-0.2, -0.15) is 0 Å². The van der Waals surface area contributed by atoms with E-state index in [4.69, 9.17) is 23.2 Å². The summed E-state index contributed by atoms with van der Waals surface area (Å²) in [4.78, 5) is 19.5. The number of ether oxygens (including phenoxy) is 1. The van der Waals surface area contributed by atoms with Crippen molar-refractivity contribution in [3.05, 3.63) is 99.4 Å². The Morgan fingerprint density at radius 2 is 1.90 bits per heavy atom. The number of hydrogen-bond acceptors (Lipinski definition) is 4. The molecule has 0 saturated carbocycles. The number of nitrogens with one attached hydrogen (secondary N) is 1. The van der Waals surface area contributed by atoms with E-state index in [1.807, 2.05) is 24.3 Å². The number of alkyl halides is 3. The van der Waals surface area contributed by atoms with Gasteiger partial charge in [0.2, 0.25) is 0 Å². The summed E-state index contributed by atoms with van der Waals surface area (Å²) in [5, 5.41) is 4.83. The Hall–Kier alpha value is -3.53. The van der Waals surface area contributed by atoms with Crippen LogP contribution in [0.5, 0.6) is 5.75 Å². The highest BCUT2D eigenvalue weighted by Crippen LogP contribution is 2.32. The Morgan fingerprint density at radius 1 is 1.10 bits per heavy atom. The van der Waals surface area contributed by atoms with Gasteiger partial charge in [-0.15, -0.1) is 13.2 Å². The van der Waals surface area contributed by atoms with Gasteiger partial charge < -0.3 is 10.1 Å². The highest BCUT2D eigenvalue weighted by Gasteiger charge is 2.31. The fraction of sp³-hybridized carbons (Fsp3) is 0.214. The summed E-state index contributed by atoms with van der Waals surface area (Å²) in [5.74, 6) is -0.256. The monoisotopic (exact) mass is 574 g/mol. The van der Waals surface area contributed by atoms with Gasteiger partial charge in [0.1, 0.15) is 10.9 Å². The second-order valence-electron chi connectivity index (χ2n) is 9.07. The molecule has 1 amide bonds. The molecule has 39 heavy (non-hydrogen) atoms. The van der Waals surface area contributed by atoms with Crippen molar-refractivity contribution in [2.75, 3.05) is 13.1 Å². The first-order valence-electron chi connectivity index (χ1n) is 12.1. The molecule has 11 heteroatoms. The van der Waals surface area contributed by atoms with Crippen molar-refractivity contribution in [1.29, 1.82) is 0 Å². The molecule has 0 saturated heterocycles. The van der Waals surface area contributed by atoms with Crippen molar-refractivity contribution in [3.63, 3.8) is 0 Å². The van der Waals surface area contributed by atoms with E-state index in [-0.39, 0.29) is 11.8 Å². The lowest BCUT2D eigenvalue weighted by molar-refractivity contribution is -0.274. The molecule has 5 rings (SSSR count). The maximum atomic E-state index is 13.3. The first-order valence-corrected chi connectivity index (χ1v) is 12.9. The number of rotatable bonds is 6. The van der Waals surface area contributed by atoms with Crippen molar-refractivity contribution >= 4 is 46.2 Å². The number of benzene rings is 2. The molecule has 1 aliphatic heterocycles. The smallest absolute Gasteiger partial charge is 0.406 e. The van der Waals surface area contributed by atoms with Gasteiger partial charge in [0.15, 0.2) is 0 Å². The molecule has 0 unspecified atom stereocenters. The Bertz CT molecular complexity index is 1530. The molecule has 2 aromatic carbocycles. The molecule has 1 N–H and O–H groups in total. The summed E-state index contributed by atoms with van der Waals surface area (Å²) in [7, 11) is 0. The topological polar surface area (TPSA) is 59.4 Å². The number of carbonyl (C=O) groups excluding carboxylic acids is 1. The molecule has 6 nitrogen and oxygen atoms in total. The third kappa shape index (κ3) is 6.55. The van der Waals surface area contributed by atoms with Gasteiger partial charge in [0, 0.05) is 54.9 Å². The summed E-state index contributed by atoms with van der Waals surface area (Å²) in [5.41, 5.74) is 4.36. The Balaban J connectivity index is 1.30. The maximum Gasteiger partial charge on any atom is 0.573 e. The van der Waals surface area contributed by atoms with Crippen molar-refractivity contribution in [2.45, 2.75) is 25.9 Å². The van der Waals surface area contributed by atoms with E-state index < -0.39 is 6.36 Å². The van der Waals surface area contributed by atoms with Crippen LogP contribution in [-0.4, -0.2) is 39.9 Å². The van der Waals surface area contributed by atoms with Crippen molar-refractivity contribution in [2.24, 2.45) is 0 Å². The van der Waals surface area contributed by atoms with Gasteiger partial charge in [0.05, 0.1) is 5.52 Å². The van der Waals surface area contributed by atoms with Crippen LogP contribution in [0.15, 0.2) is 66.9 Å². The number of aromatic nitrogens is 2. The first kappa shape index (κ1) is 27.1. The van der Waals surface area contributed by atoms with E-state index in [0.717, 1.165) is 39.8 Å². The first-order chi connectivity index (χ1) is 18.7. The molecular weight excluding hydrogens is 552 g/mol. The lowest BCUT2D eigenvalue weighted by Gasteiger charge is -2.27.